The molecule has 0 saturated carbocycles. The maximum Gasteiger partial charge on any atom is 0.216 e. The Morgan fingerprint density at radius 1 is 1.19 bits per heavy atom. The Labute approximate surface area is 171 Å². The Morgan fingerprint density at radius 2 is 2.00 bits per heavy atom. The van der Waals surface area contributed by atoms with Crippen LogP contribution in [0.2, 0.25) is 10.0 Å². The van der Waals surface area contributed by atoms with Crippen molar-refractivity contribution in [2.24, 2.45) is 5.10 Å². The van der Waals surface area contributed by atoms with Crippen LogP contribution in [0.3, 0.4) is 0 Å². The van der Waals surface area contributed by atoms with E-state index in [1.807, 2.05) is 31.2 Å². The molecule has 0 saturated heterocycles. The number of hydrogen-bond acceptors (Lipinski definition) is 5. The molecule has 0 aliphatic heterocycles. The number of benzene rings is 2. The van der Waals surface area contributed by atoms with E-state index in [4.69, 9.17) is 44.9 Å². The van der Waals surface area contributed by atoms with Gasteiger partial charge in [0.2, 0.25) is 4.77 Å². The normalized spacial score (nSPS) is 11.1. The van der Waals surface area contributed by atoms with Gasteiger partial charge in [-0.1, -0.05) is 29.3 Å². The monoisotopic (exact) mass is 422 g/mol. The molecular weight excluding hydrogens is 407 g/mol. The van der Waals surface area contributed by atoms with Gasteiger partial charge in [0.25, 0.3) is 0 Å². The summed E-state index contributed by atoms with van der Waals surface area (Å²) in [5, 5.41) is 12.0. The molecular formula is C18H16Cl2N4O2S. The number of H-pyrrole nitrogens is 1. The second kappa shape index (κ2) is 8.56. The number of nitrogens with one attached hydrogen (secondary N) is 1. The van der Waals surface area contributed by atoms with E-state index in [-0.39, 0.29) is 0 Å². The van der Waals surface area contributed by atoms with Gasteiger partial charge in [0.05, 0.1) is 23.4 Å². The number of aromatic amines is 1. The summed E-state index contributed by atoms with van der Waals surface area (Å²) in [4.78, 5) is 0. The number of halogens is 2. The minimum Gasteiger partial charge on any atom is -0.493 e. The average molecular weight is 423 g/mol. The van der Waals surface area contributed by atoms with Crippen molar-refractivity contribution in [3.8, 4) is 11.5 Å². The fraction of sp³-hybridized carbons (Fsp3) is 0.167. The molecule has 3 rings (SSSR count). The first-order valence-corrected chi connectivity index (χ1v) is 9.07. The summed E-state index contributed by atoms with van der Waals surface area (Å²) in [6, 6.07) is 10.9. The summed E-state index contributed by atoms with van der Waals surface area (Å²) in [6.07, 6.45) is 1.67. The van der Waals surface area contributed by atoms with Crippen molar-refractivity contribution in [1.29, 1.82) is 0 Å². The third kappa shape index (κ3) is 4.68. The number of rotatable bonds is 6. The average Bonchev–Trinajstić information content (AvgIpc) is 2.99. The van der Waals surface area contributed by atoms with E-state index in [2.05, 4.69) is 15.3 Å². The predicted molar refractivity (Wildman–Crippen MR) is 109 cm³/mol. The fourth-order valence-corrected chi connectivity index (χ4v) is 2.85. The lowest BCUT2D eigenvalue weighted by molar-refractivity contribution is 0.284. The Morgan fingerprint density at radius 3 is 2.67 bits per heavy atom. The minimum atomic E-state index is 0.337. The zero-order chi connectivity index (χ0) is 19.4. The first kappa shape index (κ1) is 19.4. The molecule has 3 aromatic rings. The topological polar surface area (TPSA) is 64.4 Å². The van der Waals surface area contributed by atoms with Crippen molar-refractivity contribution in [1.82, 2.24) is 14.9 Å². The number of ether oxygens (including phenoxy) is 2. The summed E-state index contributed by atoms with van der Waals surface area (Å²) in [7, 11) is 1.58. The lowest BCUT2D eigenvalue weighted by Crippen LogP contribution is -1.99. The molecule has 27 heavy (non-hydrogen) atoms. The molecule has 0 spiro atoms. The first-order chi connectivity index (χ1) is 13.0. The van der Waals surface area contributed by atoms with Gasteiger partial charge in [0.1, 0.15) is 12.4 Å². The van der Waals surface area contributed by atoms with Crippen LogP contribution >= 0.6 is 35.4 Å². The molecule has 9 heteroatoms. The van der Waals surface area contributed by atoms with Crippen LogP contribution in [0.15, 0.2) is 41.5 Å². The highest BCUT2D eigenvalue weighted by Crippen LogP contribution is 2.29. The van der Waals surface area contributed by atoms with Gasteiger partial charge in [-0.15, -0.1) is 0 Å². The molecule has 1 aromatic heterocycles. The molecule has 0 atom stereocenters. The Bertz CT molecular complexity index is 1050. The smallest absolute Gasteiger partial charge is 0.216 e. The summed E-state index contributed by atoms with van der Waals surface area (Å²) in [5.41, 5.74) is 1.73. The van der Waals surface area contributed by atoms with Crippen molar-refractivity contribution in [2.45, 2.75) is 13.5 Å². The third-order valence-electron chi connectivity index (χ3n) is 3.70. The van der Waals surface area contributed by atoms with Gasteiger partial charge in [-0.25, -0.2) is 0 Å². The Kier molecular flexibility index (Phi) is 6.15. The predicted octanol–water partition coefficient (Wildman–Crippen LogP) is 5.03. The highest BCUT2D eigenvalue weighted by molar-refractivity contribution is 7.71. The van der Waals surface area contributed by atoms with Crippen molar-refractivity contribution < 1.29 is 9.47 Å². The molecule has 2 aromatic carbocycles. The summed E-state index contributed by atoms with van der Waals surface area (Å²) >= 11 is 17.1. The van der Waals surface area contributed by atoms with E-state index in [0.717, 1.165) is 11.1 Å². The second-order valence-corrected chi connectivity index (χ2v) is 6.78. The molecule has 6 nitrogen and oxygen atoms in total. The number of aromatic nitrogens is 3. The first-order valence-electron chi connectivity index (χ1n) is 7.91. The molecule has 1 N–H and O–H groups in total. The van der Waals surface area contributed by atoms with Gasteiger partial charge in [-0.2, -0.15) is 14.9 Å². The van der Waals surface area contributed by atoms with Gasteiger partial charge >= 0.3 is 0 Å². The van der Waals surface area contributed by atoms with Crippen LogP contribution in [-0.2, 0) is 6.61 Å². The minimum absolute atomic E-state index is 0.337. The standard InChI is InChI=1S/C18H16Cl2N4O2S/c1-11-22-23-18(27)24(11)21-9-12-4-6-16(17(8-12)25-2)26-10-13-3-5-14(19)15(20)7-13/h3-9H,10H2,1-2H3,(H,23,27)/b21-9+. The van der Waals surface area contributed by atoms with E-state index in [9.17, 15) is 0 Å². The van der Waals surface area contributed by atoms with Crippen LogP contribution in [0.1, 0.15) is 17.0 Å². The van der Waals surface area contributed by atoms with Crippen molar-refractivity contribution >= 4 is 41.6 Å². The molecule has 0 aliphatic carbocycles. The molecule has 0 radical (unpaired) electrons. The van der Waals surface area contributed by atoms with Gasteiger partial charge in [0, 0.05) is 0 Å². The number of nitrogens with zero attached hydrogens (tertiary/aromatic N) is 3. The van der Waals surface area contributed by atoms with E-state index in [0.29, 0.717) is 38.7 Å². The SMILES string of the molecule is COc1cc(/C=N/n2c(C)n[nH]c2=S)ccc1OCc1ccc(Cl)c(Cl)c1. The van der Waals surface area contributed by atoms with Crippen molar-refractivity contribution in [3.05, 3.63) is 68.2 Å². The van der Waals surface area contributed by atoms with Crippen molar-refractivity contribution in [2.75, 3.05) is 7.11 Å². The van der Waals surface area contributed by atoms with Crippen LogP contribution < -0.4 is 9.47 Å². The fourth-order valence-electron chi connectivity index (χ4n) is 2.31. The van der Waals surface area contributed by atoms with E-state index in [1.54, 1.807) is 25.5 Å². The number of aryl methyl sites for hydroxylation is 1. The van der Waals surface area contributed by atoms with Crippen LogP contribution in [0.25, 0.3) is 0 Å². The van der Waals surface area contributed by atoms with Gasteiger partial charge in [0.15, 0.2) is 11.5 Å². The Hall–Kier alpha value is -2.35. The molecule has 0 bridgehead atoms. The van der Waals surface area contributed by atoms with Gasteiger partial charge in [-0.3, -0.25) is 5.10 Å². The molecule has 0 fully saturated rings. The highest BCUT2D eigenvalue weighted by Gasteiger charge is 2.07. The van der Waals surface area contributed by atoms with Crippen LogP contribution in [0, 0.1) is 11.7 Å². The van der Waals surface area contributed by atoms with Gasteiger partial charge in [-0.05, 0) is 60.6 Å². The molecule has 0 aliphatic rings. The largest absolute Gasteiger partial charge is 0.493 e. The quantitative estimate of drug-likeness (QED) is 0.447. The van der Waals surface area contributed by atoms with Crippen molar-refractivity contribution in [3.63, 3.8) is 0 Å². The van der Waals surface area contributed by atoms with Crippen LogP contribution in [-0.4, -0.2) is 28.2 Å². The highest BCUT2D eigenvalue weighted by atomic mass is 35.5. The number of methoxy groups -OCH3 is 1. The van der Waals surface area contributed by atoms with Crippen LogP contribution in [0.4, 0.5) is 0 Å². The molecule has 0 amide bonds. The van der Waals surface area contributed by atoms with E-state index < -0.39 is 0 Å². The molecule has 0 unspecified atom stereocenters. The summed E-state index contributed by atoms with van der Waals surface area (Å²) in [5.74, 6) is 1.87. The number of hydrogen-bond donors (Lipinski definition) is 1. The van der Waals surface area contributed by atoms with Gasteiger partial charge < -0.3 is 9.47 Å². The Balaban J connectivity index is 1.76. The third-order valence-corrected chi connectivity index (χ3v) is 4.70. The summed E-state index contributed by atoms with van der Waals surface area (Å²) in [6.45, 7) is 2.15. The van der Waals surface area contributed by atoms with E-state index >= 15 is 0 Å². The molecule has 140 valence electrons. The maximum absolute atomic E-state index is 6.03. The lowest BCUT2D eigenvalue weighted by Gasteiger charge is -2.11. The van der Waals surface area contributed by atoms with E-state index in [1.165, 1.54) is 4.68 Å². The summed E-state index contributed by atoms with van der Waals surface area (Å²) < 4.78 is 13.2. The zero-order valence-corrected chi connectivity index (χ0v) is 16.9. The maximum atomic E-state index is 6.03. The zero-order valence-electron chi connectivity index (χ0n) is 14.6. The lowest BCUT2D eigenvalue weighted by atomic mass is 10.2. The second-order valence-electron chi connectivity index (χ2n) is 5.58. The molecule has 1 heterocycles. The van der Waals surface area contributed by atoms with Crippen LogP contribution in [0.5, 0.6) is 11.5 Å².